The maximum atomic E-state index is 12.4. The summed E-state index contributed by atoms with van der Waals surface area (Å²) in [5, 5.41) is 3.62. The molecule has 0 saturated carbocycles. The molecule has 2 amide bonds. The number of carbonyl (C=O) groups excluding carboxylic acids is 1. The summed E-state index contributed by atoms with van der Waals surface area (Å²) in [6.45, 7) is 5.26. The molecule has 2 rings (SSSR count). The molecule has 1 aliphatic heterocycles. The number of halogens is 1. The molecule has 0 aromatic heterocycles. The zero-order chi connectivity index (χ0) is 20.4. The van der Waals surface area contributed by atoms with Crippen LogP contribution in [0, 0.1) is 5.92 Å². The fraction of sp³-hybridized carbons (Fsp3) is 0.667. The van der Waals surface area contributed by atoms with E-state index >= 15 is 0 Å². The van der Waals surface area contributed by atoms with Crippen LogP contribution in [0.25, 0.3) is 0 Å². The molecule has 3 N–H and O–H groups in total. The molecule has 6 nitrogen and oxygen atoms in total. The maximum Gasteiger partial charge on any atom is 0.317 e. The van der Waals surface area contributed by atoms with E-state index in [1.54, 1.807) is 11.9 Å². The molecular weight excluding hydrogens is 378 g/mol. The van der Waals surface area contributed by atoms with Gasteiger partial charge in [-0.25, -0.2) is 4.79 Å². The fourth-order valence-corrected chi connectivity index (χ4v) is 3.72. The molecule has 1 aromatic carbocycles. The molecule has 0 unspecified atom stereocenters. The summed E-state index contributed by atoms with van der Waals surface area (Å²) < 4.78 is 11.3. The molecule has 0 spiro atoms. The molecule has 28 heavy (non-hydrogen) atoms. The van der Waals surface area contributed by atoms with Gasteiger partial charge in [-0.1, -0.05) is 23.7 Å². The minimum absolute atomic E-state index is 0.0494. The van der Waals surface area contributed by atoms with Gasteiger partial charge < -0.3 is 25.4 Å². The van der Waals surface area contributed by atoms with Crippen LogP contribution in [0.1, 0.15) is 44.3 Å². The van der Waals surface area contributed by atoms with Gasteiger partial charge in [0.25, 0.3) is 0 Å². The van der Waals surface area contributed by atoms with Crippen molar-refractivity contribution in [3.8, 4) is 0 Å². The SMILES string of the molecule is CCO[C@H](CCN(C)C(=O)NC[C@@H](N)C[C@H]1CCCOC1)c1cccc(Cl)c1. The van der Waals surface area contributed by atoms with Gasteiger partial charge in [0.1, 0.15) is 0 Å². The van der Waals surface area contributed by atoms with Gasteiger partial charge >= 0.3 is 6.03 Å². The summed E-state index contributed by atoms with van der Waals surface area (Å²) in [5.41, 5.74) is 7.21. The van der Waals surface area contributed by atoms with Crippen LogP contribution >= 0.6 is 11.6 Å². The third-order valence-electron chi connectivity index (χ3n) is 5.07. The largest absolute Gasteiger partial charge is 0.381 e. The van der Waals surface area contributed by atoms with Crippen LogP contribution in [0.2, 0.25) is 5.02 Å². The normalized spacial score (nSPS) is 19.1. The average molecular weight is 412 g/mol. The summed E-state index contributed by atoms with van der Waals surface area (Å²) in [5.74, 6) is 0.503. The van der Waals surface area contributed by atoms with E-state index in [0.717, 1.165) is 38.0 Å². The third-order valence-corrected chi connectivity index (χ3v) is 5.30. The number of hydrogen-bond acceptors (Lipinski definition) is 4. The van der Waals surface area contributed by atoms with Gasteiger partial charge in [0, 0.05) is 51.0 Å². The summed E-state index contributed by atoms with van der Waals surface area (Å²) in [6, 6.07) is 7.51. The minimum Gasteiger partial charge on any atom is -0.381 e. The number of carbonyl (C=O) groups is 1. The smallest absolute Gasteiger partial charge is 0.317 e. The van der Waals surface area contributed by atoms with E-state index in [9.17, 15) is 4.79 Å². The first-order valence-electron chi connectivity index (χ1n) is 10.2. The second-order valence-electron chi connectivity index (χ2n) is 7.47. The molecular formula is C21H34ClN3O3. The zero-order valence-electron chi connectivity index (χ0n) is 17.0. The summed E-state index contributed by atoms with van der Waals surface area (Å²) in [7, 11) is 1.79. The second-order valence-corrected chi connectivity index (χ2v) is 7.91. The van der Waals surface area contributed by atoms with Gasteiger partial charge in [-0.05, 0) is 56.2 Å². The molecule has 7 heteroatoms. The molecule has 1 aromatic rings. The van der Waals surface area contributed by atoms with E-state index in [1.807, 2.05) is 31.2 Å². The molecule has 0 bridgehead atoms. The highest BCUT2D eigenvalue weighted by Gasteiger charge is 2.19. The predicted octanol–water partition coefficient (Wildman–Crippen LogP) is 3.59. The lowest BCUT2D eigenvalue weighted by Gasteiger charge is -2.26. The molecule has 0 aliphatic carbocycles. The standard InChI is InChI=1S/C21H34ClN3O3/c1-3-28-20(17-7-4-8-18(22)13-17)9-10-25(2)21(26)24-14-19(23)12-16-6-5-11-27-15-16/h4,7-8,13,16,19-20H,3,5-6,9-12,14-15,23H2,1-2H3,(H,24,26)/t16-,19+,20-/m1/s1. The van der Waals surface area contributed by atoms with Gasteiger partial charge in [-0.15, -0.1) is 0 Å². The lowest BCUT2D eigenvalue weighted by atomic mass is 9.95. The van der Waals surface area contributed by atoms with E-state index in [-0.39, 0.29) is 18.2 Å². The number of nitrogens with zero attached hydrogens (tertiary/aromatic N) is 1. The number of ether oxygens (including phenoxy) is 2. The van der Waals surface area contributed by atoms with Crippen molar-refractivity contribution in [2.45, 2.75) is 44.8 Å². The minimum atomic E-state index is -0.114. The quantitative estimate of drug-likeness (QED) is 0.616. The lowest BCUT2D eigenvalue weighted by molar-refractivity contribution is 0.0489. The van der Waals surface area contributed by atoms with Gasteiger partial charge in [0.15, 0.2) is 0 Å². The first-order valence-corrected chi connectivity index (χ1v) is 10.6. The molecule has 1 aliphatic rings. The van der Waals surface area contributed by atoms with Crippen molar-refractivity contribution in [2.24, 2.45) is 11.7 Å². The van der Waals surface area contributed by atoms with Gasteiger partial charge in [0.2, 0.25) is 0 Å². The number of amides is 2. The van der Waals surface area contributed by atoms with Crippen molar-refractivity contribution in [1.82, 2.24) is 10.2 Å². The lowest BCUT2D eigenvalue weighted by Crippen LogP contribution is -2.44. The number of nitrogens with one attached hydrogen (secondary N) is 1. The molecule has 1 heterocycles. The number of nitrogens with two attached hydrogens (primary N) is 1. The zero-order valence-corrected chi connectivity index (χ0v) is 17.8. The molecule has 158 valence electrons. The molecule has 1 fully saturated rings. The Hall–Kier alpha value is -1.34. The Morgan fingerprint density at radius 1 is 1.50 bits per heavy atom. The Bertz CT molecular complexity index is 596. The highest BCUT2D eigenvalue weighted by Crippen LogP contribution is 2.24. The number of hydrogen-bond donors (Lipinski definition) is 2. The van der Waals surface area contributed by atoms with Gasteiger partial charge in [-0.2, -0.15) is 0 Å². The summed E-state index contributed by atoms with van der Waals surface area (Å²) in [6.07, 6.45) is 3.74. The van der Waals surface area contributed by atoms with Crippen molar-refractivity contribution in [2.75, 3.05) is 40.0 Å². The first kappa shape index (κ1) is 22.9. The monoisotopic (exact) mass is 411 g/mol. The summed E-state index contributed by atoms with van der Waals surface area (Å²) >= 11 is 6.09. The van der Waals surface area contributed by atoms with Gasteiger partial charge in [-0.3, -0.25) is 0 Å². The van der Waals surface area contributed by atoms with Crippen molar-refractivity contribution >= 4 is 17.6 Å². The van der Waals surface area contributed by atoms with E-state index < -0.39 is 0 Å². The van der Waals surface area contributed by atoms with Gasteiger partial charge in [0.05, 0.1) is 6.10 Å². The van der Waals surface area contributed by atoms with E-state index in [4.69, 9.17) is 26.8 Å². The Kier molecular flexibility index (Phi) is 10.1. The van der Waals surface area contributed by atoms with Crippen LogP contribution in [-0.4, -0.2) is 56.9 Å². The summed E-state index contributed by atoms with van der Waals surface area (Å²) in [4.78, 5) is 14.0. The van der Waals surface area contributed by atoms with E-state index in [1.165, 1.54) is 0 Å². The third kappa shape index (κ3) is 7.95. The highest BCUT2D eigenvalue weighted by atomic mass is 35.5. The first-order chi connectivity index (χ1) is 13.5. The van der Waals surface area contributed by atoms with Crippen molar-refractivity contribution < 1.29 is 14.3 Å². The Balaban J connectivity index is 1.74. The van der Waals surface area contributed by atoms with Crippen molar-refractivity contribution in [3.05, 3.63) is 34.9 Å². The molecule has 0 radical (unpaired) electrons. The number of benzene rings is 1. The molecule has 1 saturated heterocycles. The predicted molar refractivity (Wildman–Crippen MR) is 113 cm³/mol. The topological polar surface area (TPSA) is 76.8 Å². The maximum absolute atomic E-state index is 12.4. The Morgan fingerprint density at radius 3 is 3.00 bits per heavy atom. The number of urea groups is 1. The van der Waals surface area contributed by atoms with Crippen molar-refractivity contribution in [1.29, 1.82) is 0 Å². The van der Waals surface area contributed by atoms with Crippen LogP contribution in [-0.2, 0) is 9.47 Å². The van der Waals surface area contributed by atoms with Crippen molar-refractivity contribution in [3.63, 3.8) is 0 Å². The van der Waals surface area contributed by atoms with E-state index in [0.29, 0.717) is 37.1 Å². The average Bonchev–Trinajstić information content (AvgIpc) is 2.69. The van der Waals surface area contributed by atoms with Crippen LogP contribution in [0.4, 0.5) is 4.79 Å². The van der Waals surface area contributed by atoms with Crippen LogP contribution in [0.15, 0.2) is 24.3 Å². The Morgan fingerprint density at radius 2 is 2.32 bits per heavy atom. The van der Waals surface area contributed by atoms with E-state index in [2.05, 4.69) is 5.32 Å². The highest BCUT2D eigenvalue weighted by molar-refractivity contribution is 6.30. The molecule has 3 atom stereocenters. The van der Waals surface area contributed by atoms with Crippen LogP contribution < -0.4 is 11.1 Å². The Labute approximate surface area is 173 Å². The van der Waals surface area contributed by atoms with Crippen LogP contribution in [0.5, 0.6) is 0 Å². The number of rotatable bonds is 10. The second kappa shape index (κ2) is 12.3. The fourth-order valence-electron chi connectivity index (χ4n) is 3.52. The van der Waals surface area contributed by atoms with Crippen LogP contribution in [0.3, 0.4) is 0 Å².